The number of aryl methyl sites for hydroxylation is 3. The lowest BCUT2D eigenvalue weighted by Crippen LogP contribution is -2.53. The molecule has 0 saturated heterocycles. The van der Waals surface area contributed by atoms with Gasteiger partial charge in [0.25, 0.3) is 10.0 Å². The van der Waals surface area contributed by atoms with E-state index in [1.54, 1.807) is 54.6 Å². The Morgan fingerprint density at radius 2 is 1.50 bits per heavy atom. The quantitative estimate of drug-likeness (QED) is 0.309. The van der Waals surface area contributed by atoms with E-state index < -0.39 is 28.5 Å². The Labute approximate surface area is 243 Å². The van der Waals surface area contributed by atoms with Gasteiger partial charge in [0.2, 0.25) is 11.8 Å². The van der Waals surface area contributed by atoms with Crippen molar-refractivity contribution in [2.24, 2.45) is 0 Å². The first kappa shape index (κ1) is 31.2. The highest BCUT2D eigenvalue weighted by Crippen LogP contribution is 2.29. The zero-order valence-electron chi connectivity index (χ0n) is 23.9. The van der Waals surface area contributed by atoms with E-state index in [4.69, 9.17) is 11.6 Å². The number of benzene rings is 3. The van der Waals surface area contributed by atoms with E-state index in [0.717, 1.165) is 21.0 Å². The van der Waals surface area contributed by atoms with E-state index in [0.29, 0.717) is 22.7 Å². The van der Waals surface area contributed by atoms with E-state index in [1.807, 2.05) is 53.7 Å². The summed E-state index contributed by atoms with van der Waals surface area (Å²) in [7, 11) is -4.12. The van der Waals surface area contributed by atoms with Gasteiger partial charge in [0.15, 0.2) is 0 Å². The second-order valence-corrected chi connectivity index (χ2v) is 12.6. The third-order valence-corrected chi connectivity index (χ3v) is 8.63. The summed E-state index contributed by atoms with van der Waals surface area (Å²) in [6.45, 7) is 10.7. The normalized spacial score (nSPS) is 12.2. The van der Waals surface area contributed by atoms with Crippen LogP contribution < -0.4 is 9.62 Å². The molecule has 3 aromatic rings. The summed E-state index contributed by atoms with van der Waals surface area (Å²) < 4.78 is 29.2. The van der Waals surface area contributed by atoms with Crippen molar-refractivity contribution >= 4 is 39.1 Å². The molecule has 40 heavy (non-hydrogen) atoms. The fourth-order valence-electron chi connectivity index (χ4n) is 4.43. The van der Waals surface area contributed by atoms with Crippen LogP contribution in [0.5, 0.6) is 0 Å². The van der Waals surface area contributed by atoms with E-state index in [1.165, 1.54) is 4.90 Å². The number of halogens is 1. The summed E-state index contributed by atoms with van der Waals surface area (Å²) in [5.74, 6) is -0.781. The zero-order valence-corrected chi connectivity index (χ0v) is 25.5. The number of hydrogen-bond acceptors (Lipinski definition) is 4. The van der Waals surface area contributed by atoms with Gasteiger partial charge in [0, 0.05) is 17.6 Å². The second-order valence-electron chi connectivity index (χ2n) is 10.4. The molecule has 0 radical (unpaired) electrons. The lowest BCUT2D eigenvalue weighted by molar-refractivity contribution is -0.140. The predicted molar refractivity (Wildman–Crippen MR) is 161 cm³/mol. The van der Waals surface area contributed by atoms with Gasteiger partial charge in [0.05, 0.1) is 10.6 Å². The van der Waals surface area contributed by atoms with E-state index >= 15 is 0 Å². The smallest absolute Gasteiger partial charge is 0.264 e. The molecule has 3 rings (SSSR count). The number of anilines is 1. The monoisotopic (exact) mass is 583 g/mol. The Kier molecular flexibility index (Phi) is 10.4. The van der Waals surface area contributed by atoms with Gasteiger partial charge in [-0.15, -0.1) is 0 Å². The van der Waals surface area contributed by atoms with Gasteiger partial charge in [-0.1, -0.05) is 60.5 Å². The first-order valence-electron chi connectivity index (χ1n) is 13.3. The molecule has 0 bridgehead atoms. The van der Waals surface area contributed by atoms with Crippen LogP contribution >= 0.6 is 11.6 Å². The molecule has 0 aliphatic rings. The molecule has 0 aliphatic carbocycles. The molecule has 9 heteroatoms. The van der Waals surface area contributed by atoms with Crippen LogP contribution in [0.2, 0.25) is 5.02 Å². The maximum atomic E-state index is 14.1. The molecule has 0 aliphatic heterocycles. The van der Waals surface area contributed by atoms with Crippen LogP contribution in [0.1, 0.15) is 49.4 Å². The van der Waals surface area contributed by atoms with Crippen molar-refractivity contribution in [2.75, 3.05) is 10.8 Å². The minimum Gasteiger partial charge on any atom is -0.352 e. The molecule has 1 N–H and O–H groups in total. The third-order valence-electron chi connectivity index (χ3n) is 6.60. The van der Waals surface area contributed by atoms with Crippen molar-refractivity contribution in [3.05, 3.63) is 94.0 Å². The number of hydrogen-bond donors (Lipinski definition) is 1. The first-order valence-corrected chi connectivity index (χ1v) is 15.2. The maximum absolute atomic E-state index is 14.1. The molecule has 0 unspecified atom stereocenters. The Balaban J connectivity index is 2.10. The minimum absolute atomic E-state index is 0.0839. The van der Waals surface area contributed by atoms with Crippen molar-refractivity contribution in [2.45, 2.75) is 71.5 Å². The maximum Gasteiger partial charge on any atom is 0.264 e. The molecule has 0 aromatic heterocycles. The van der Waals surface area contributed by atoms with Crippen LogP contribution in [0.3, 0.4) is 0 Å². The van der Waals surface area contributed by atoms with E-state index in [-0.39, 0.29) is 23.4 Å². The minimum atomic E-state index is -4.12. The van der Waals surface area contributed by atoms with Gasteiger partial charge in [-0.2, -0.15) is 0 Å². The van der Waals surface area contributed by atoms with Gasteiger partial charge >= 0.3 is 0 Å². The van der Waals surface area contributed by atoms with Crippen molar-refractivity contribution in [3.63, 3.8) is 0 Å². The number of carbonyl (C=O) groups excluding carboxylic acids is 2. The van der Waals surface area contributed by atoms with Gasteiger partial charge < -0.3 is 10.2 Å². The molecule has 1 atom stereocenters. The van der Waals surface area contributed by atoms with Crippen molar-refractivity contribution < 1.29 is 18.0 Å². The summed E-state index contributed by atoms with van der Waals surface area (Å²) in [4.78, 5) is 28.9. The molecule has 3 aromatic carbocycles. The number of carbonyl (C=O) groups is 2. The summed E-state index contributed by atoms with van der Waals surface area (Å²) >= 11 is 6.07. The molecule has 214 valence electrons. The zero-order chi connectivity index (χ0) is 29.6. The molecule has 0 heterocycles. The summed E-state index contributed by atoms with van der Waals surface area (Å²) in [5, 5.41) is 3.45. The largest absolute Gasteiger partial charge is 0.352 e. The fourth-order valence-corrected chi connectivity index (χ4v) is 6.02. The Morgan fingerprint density at radius 3 is 2.08 bits per heavy atom. The molecule has 0 fully saturated rings. The van der Waals surface area contributed by atoms with Crippen LogP contribution in [0.4, 0.5) is 5.69 Å². The van der Waals surface area contributed by atoms with Gasteiger partial charge in [-0.05, 0) is 88.1 Å². The highest BCUT2D eigenvalue weighted by Gasteiger charge is 2.34. The molecule has 0 saturated carbocycles. The first-order chi connectivity index (χ1) is 18.8. The number of sulfonamides is 1. The van der Waals surface area contributed by atoms with Gasteiger partial charge in [0.1, 0.15) is 12.6 Å². The fraction of sp³-hybridized carbons (Fsp3) is 0.355. The molecular weight excluding hydrogens is 546 g/mol. The average Bonchev–Trinajstić information content (AvgIpc) is 2.89. The number of amides is 2. The standard InChI is InChI=1S/C31H38ClN3O4S/c1-7-28(31(37)33-21(2)3)34(19-25-12-14-26(32)15-13-25)30(36)20-35(29-18-23(5)8-11-24(29)6)40(38,39)27-16-9-22(4)10-17-27/h8-18,21,28H,7,19-20H2,1-6H3,(H,33,37)/t28-/m0/s1. The van der Waals surface area contributed by atoms with E-state index in [9.17, 15) is 18.0 Å². The third kappa shape index (κ3) is 7.64. The topological polar surface area (TPSA) is 86.8 Å². The van der Waals surface area contributed by atoms with Crippen LogP contribution in [0.15, 0.2) is 71.6 Å². The van der Waals surface area contributed by atoms with Crippen LogP contribution in [-0.2, 0) is 26.2 Å². The summed E-state index contributed by atoms with van der Waals surface area (Å²) in [5.41, 5.74) is 3.68. The summed E-state index contributed by atoms with van der Waals surface area (Å²) in [6.07, 6.45) is 0.353. The second kappa shape index (κ2) is 13.3. The molecular formula is C31H38ClN3O4S. The molecule has 0 spiro atoms. The Hall–Kier alpha value is -3.36. The average molecular weight is 584 g/mol. The van der Waals surface area contributed by atoms with Crippen molar-refractivity contribution in [1.29, 1.82) is 0 Å². The number of nitrogens with one attached hydrogen (secondary N) is 1. The summed E-state index contributed by atoms with van der Waals surface area (Å²) in [6, 6.07) is 18.2. The lowest BCUT2D eigenvalue weighted by atomic mass is 10.1. The SMILES string of the molecule is CC[C@@H](C(=O)NC(C)C)N(Cc1ccc(Cl)cc1)C(=O)CN(c1cc(C)ccc1C)S(=O)(=O)c1ccc(C)cc1. The Morgan fingerprint density at radius 1 is 0.900 bits per heavy atom. The lowest BCUT2D eigenvalue weighted by Gasteiger charge is -2.34. The highest BCUT2D eigenvalue weighted by atomic mass is 35.5. The van der Waals surface area contributed by atoms with Crippen LogP contribution in [-0.4, -0.2) is 43.8 Å². The molecule has 2 amide bonds. The Bertz CT molecular complexity index is 1440. The predicted octanol–water partition coefficient (Wildman–Crippen LogP) is 5.79. The van der Waals surface area contributed by atoms with Crippen LogP contribution in [0, 0.1) is 20.8 Å². The number of nitrogens with zero attached hydrogens (tertiary/aromatic N) is 2. The van der Waals surface area contributed by atoms with E-state index in [2.05, 4.69) is 5.32 Å². The van der Waals surface area contributed by atoms with Crippen LogP contribution in [0.25, 0.3) is 0 Å². The van der Waals surface area contributed by atoms with Gasteiger partial charge in [-0.25, -0.2) is 8.42 Å². The highest BCUT2D eigenvalue weighted by molar-refractivity contribution is 7.92. The molecule has 7 nitrogen and oxygen atoms in total. The van der Waals surface area contributed by atoms with Gasteiger partial charge in [-0.3, -0.25) is 13.9 Å². The number of rotatable bonds is 11. The van der Waals surface area contributed by atoms with Crippen molar-refractivity contribution in [1.82, 2.24) is 10.2 Å². The van der Waals surface area contributed by atoms with Crippen molar-refractivity contribution in [3.8, 4) is 0 Å².